The van der Waals surface area contributed by atoms with Crippen LogP contribution in [0, 0.1) is 0 Å². The molecule has 126 valence electrons. The average molecular weight is 326 g/mol. The van der Waals surface area contributed by atoms with Crippen molar-refractivity contribution in [1.82, 2.24) is 0 Å². The van der Waals surface area contributed by atoms with E-state index < -0.39 is 0 Å². The number of benzene rings is 2. The van der Waals surface area contributed by atoms with Gasteiger partial charge in [-0.3, -0.25) is 0 Å². The fraction of sp³-hybridized carbons (Fsp3) is 0.400. The van der Waals surface area contributed by atoms with Crippen molar-refractivity contribution < 1.29 is 18.9 Å². The van der Waals surface area contributed by atoms with Gasteiger partial charge >= 0.3 is 0 Å². The molecule has 2 aliphatic rings. The number of methoxy groups -OCH3 is 1. The quantitative estimate of drug-likeness (QED) is 0.797. The van der Waals surface area contributed by atoms with E-state index in [0.29, 0.717) is 25.7 Å². The molecule has 1 aliphatic carbocycles. The monoisotopic (exact) mass is 326 g/mol. The molecule has 0 bridgehead atoms. The van der Waals surface area contributed by atoms with Crippen LogP contribution in [0.15, 0.2) is 42.5 Å². The van der Waals surface area contributed by atoms with Crippen LogP contribution in [0.2, 0.25) is 0 Å². The van der Waals surface area contributed by atoms with Crippen LogP contribution in [-0.2, 0) is 16.1 Å². The molecule has 0 atom stereocenters. The van der Waals surface area contributed by atoms with Crippen LogP contribution < -0.4 is 9.47 Å². The Labute approximate surface area is 142 Å². The molecular weight excluding hydrogens is 304 g/mol. The highest BCUT2D eigenvalue weighted by atomic mass is 16.7. The van der Waals surface area contributed by atoms with Crippen LogP contribution in [0.25, 0.3) is 0 Å². The molecule has 2 aromatic rings. The molecule has 1 aliphatic heterocycles. The Hall–Kier alpha value is -2.04. The zero-order valence-corrected chi connectivity index (χ0v) is 13.9. The van der Waals surface area contributed by atoms with Crippen LogP contribution in [0.3, 0.4) is 0 Å². The smallest absolute Gasteiger partial charge is 0.187 e. The van der Waals surface area contributed by atoms with E-state index >= 15 is 0 Å². The summed E-state index contributed by atoms with van der Waals surface area (Å²) in [7, 11) is 1.67. The molecule has 0 unspecified atom stereocenters. The molecule has 0 radical (unpaired) electrons. The summed E-state index contributed by atoms with van der Waals surface area (Å²) in [6.07, 6.45) is 2.23. The van der Waals surface area contributed by atoms with Gasteiger partial charge in [0.05, 0.1) is 20.3 Å². The van der Waals surface area contributed by atoms with Crippen LogP contribution in [0.1, 0.15) is 41.7 Å². The van der Waals surface area contributed by atoms with Gasteiger partial charge < -0.3 is 18.9 Å². The Morgan fingerprint density at radius 1 is 1.00 bits per heavy atom. The van der Waals surface area contributed by atoms with Crippen LogP contribution >= 0.6 is 0 Å². The first-order chi connectivity index (χ1) is 11.8. The van der Waals surface area contributed by atoms with E-state index in [0.717, 1.165) is 22.6 Å². The minimum Gasteiger partial charge on any atom is -0.497 e. The summed E-state index contributed by atoms with van der Waals surface area (Å²) < 4.78 is 22.6. The second-order valence-electron chi connectivity index (χ2n) is 6.28. The highest BCUT2D eigenvalue weighted by Crippen LogP contribution is 2.43. The lowest BCUT2D eigenvalue weighted by Gasteiger charge is -2.17. The number of hydrogen-bond acceptors (Lipinski definition) is 4. The summed E-state index contributed by atoms with van der Waals surface area (Å²) in [5.74, 6) is 2.40. The van der Waals surface area contributed by atoms with Gasteiger partial charge in [0.25, 0.3) is 0 Å². The first kappa shape index (κ1) is 15.5. The Morgan fingerprint density at radius 2 is 1.75 bits per heavy atom. The minimum absolute atomic E-state index is 0.316. The lowest BCUT2D eigenvalue weighted by atomic mass is 10.1. The molecule has 0 aromatic heterocycles. The van der Waals surface area contributed by atoms with E-state index in [1.54, 1.807) is 7.11 Å². The molecule has 1 saturated heterocycles. The predicted octanol–water partition coefficient (Wildman–Crippen LogP) is 4.20. The fourth-order valence-corrected chi connectivity index (χ4v) is 2.96. The molecule has 2 fully saturated rings. The summed E-state index contributed by atoms with van der Waals surface area (Å²) in [6, 6.07) is 14.4. The van der Waals surface area contributed by atoms with E-state index in [2.05, 4.69) is 18.2 Å². The van der Waals surface area contributed by atoms with Gasteiger partial charge in [-0.15, -0.1) is 0 Å². The largest absolute Gasteiger partial charge is 0.497 e. The van der Waals surface area contributed by atoms with E-state index in [1.807, 2.05) is 24.3 Å². The summed E-state index contributed by atoms with van der Waals surface area (Å²) in [4.78, 5) is 0. The van der Waals surface area contributed by atoms with E-state index in [9.17, 15) is 0 Å². The van der Waals surface area contributed by atoms with Crippen LogP contribution in [0.5, 0.6) is 11.5 Å². The van der Waals surface area contributed by atoms with Crippen molar-refractivity contribution in [3.63, 3.8) is 0 Å². The molecule has 0 spiro atoms. The molecule has 1 heterocycles. The third-order valence-corrected chi connectivity index (χ3v) is 4.52. The molecule has 4 heteroatoms. The summed E-state index contributed by atoms with van der Waals surface area (Å²) in [6.45, 7) is 1.78. The van der Waals surface area contributed by atoms with Gasteiger partial charge in [-0.1, -0.05) is 18.2 Å². The Morgan fingerprint density at radius 3 is 2.42 bits per heavy atom. The van der Waals surface area contributed by atoms with Crippen molar-refractivity contribution in [2.24, 2.45) is 0 Å². The van der Waals surface area contributed by atoms with Crippen molar-refractivity contribution >= 4 is 0 Å². The van der Waals surface area contributed by atoms with Crippen molar-refractivity contribution in [2.75, 3.05) is 20.3 Å². The van der Waals surface area contributed by atoms with Gasteiger partial charge in [0.15, 0.2) is 6.29 Å². The summed E-state index contributed by atoms with van der Waals surface area (Å²) in [5.41, 5.74) is 3.43. The van der Waals surface area contributed by atoms with Gasteiger partial charge in [-0.25, -0.2) is 0 Å². The zero-order chi connectivity index (χ0) is 16.4. The molecule has 4 nitrogen and oxygen atoms in total. The standard InChI is InChI=1S/C20H22O4/c1-21-17-7-2-14(3-8-17)13-24-19-12-16(15-4-5-15)6-9-18(19)20-22-10-11-23-20/h2-3,6-9,12,15,20H,4-5,10-11,13H2,1H3. The van der Waals surface area contributed by atoms with Gasteiger partial charge in [-0.2, -0.15) is 0 Å². The molecule has 1 saturated carbocycles. The van der Waals surface area contributed by atoms with Gasteiger partial charge in [-0.05, 0) is 54.2 Å². The Bertz CT molecular complexity index is 685. The first-order valence-corrected chi connectivity index (χ1v) is 8.46. The third kappa shape index (κ3) is 3.40. The highest BCUT2D eigenvalue weighted by Gasteiger charge is 2.27. The normalized spacial score (nSPS) is 17.9. The van der Waals surface area contributed by atoms with Crippen LogP contribution in [0.4, 0.5) is 0 Å². The zero-order valence-electron chi connectivity index (χ0n) is 13.9. The molecule has 0 amide bonds. The number of hydrogen-bond donors (Lipinski definition) is 0. The maximum atomic E-state index is 6.13. The fourth-order valence-electron chi connectivity index (χ4n) is 2.96. The predicted molar refractivity (Wildman–Crippen MR) is 90.4 cm³/mol. The van der Waals surface area contributed by atoms with Crippen molar-refractivity contribution in [3.05, 3.63) is 59.2 Å². The summed E-state index contributed by atoms with van der Waals surface area (Å²) >= 11 is 0. The van der Waals surface area contributed by atoms with E-state index in [1.165, 1.54) is 18.4 Å². The van der Waals surface area contributed by atoms with E-state index in [-0.39, 0.29) is 6.29 Å². The molecular formula is C20H22O4. The van der Waals surface area contributed by atoms with Gasteiger partial charge in [0.1, 0.15) is 18.1 Å². The second-order valence-corrected chi connectivity index (χ2v) is 6.28. The molecule has 0 N–H and O–H groups in total. The van der Waals surface area contributed by atoms with Crippen LogP contribution in [-0.4, -0.2) is 20.3 Å². The first-order valence-electron chi connectivity index (χ1n) is 8.46. The Balaban J connectivity index is 1.53. The lowest BCUT2D eigenvalue weighted by molar-refractivity contribution is -0.0458. The maximum absolute atomic E-state index is 6.13. The average Bonchev–Trinajstić information content (AvgIpc) is 3.35. The maximum Gasteiger partial charge on any atom is 0.187 e. The SMILES string of the molecule is COc1ccc(COc2cc(C3CC3)ccc2C2OCCO2)cc1. The highest BCUT2D eigenvalue weighted by molar-refractivity contribution is 5.41. The van der Waals surface area contributed by atoms with Crippen molar-refractivity contribution in [3.8, 4) is 11.5 Å². The minimum atomic E-state index is -0.316. The van der Waals surface area contributed by atoms with Gasteiger partial charge in [0.2, 0.25) is 0 Å². The topological polar surface area (TPSA) is 36.9 Å². The van der Waals surface area contributed by atoms with Gasteiger partial charge in [0, 0.05) is 5.56 Å². The lowest BCUT2D eigenvalue weighted by Crippen LogP contribution is -2.04. The van der Waals surface area contributed by atoms with Crippen molar-refractivity contribution in [1.29, 1.82) is 0 Å². The number of rotatable bonds is 6. The third-order valence-electron chi connectivity index (χ3n) is 4.52. The molecule has 24 heavy (non-hydrogen) atoms. The summed E-state index contributed by atoms with van der Waals surface area (Å²) in [5, 5.41) is 0. The number of ether oxygens (including phenoxy) is 4. The second kappa shape index (κ2) is 6.83. The molecule has 4 rings (SSSR count). The van der Waals surface area contributed by atoms with E-state index in [4.69, 9.17) is 18.9 Å². The van der Waals surface area contributed by atoms with Crippen molar-refractivity contribution in [2.45, 2.75) is 31.7 Å². The Kier molecular flexibility index (Phi) is 4.41. The molecule has 2 aromatic carbocycles.